The molecule has 110 valence electrons. The molecule has 0 aliphatic carbocycles. The minimum atomic E-state index is -0.677. The average Bonchev–Trinajstić information content (AvgIpc) is 2.44. The number of hydrogen-bond donors (Lipinski definition) is 2. The number of hydrazone groups is 1. The van der Waals surface area contributed by atoms with Gasteiger partial charge in [0, 0.05) is 0 Å². The fourth-order valence-electron chi connectivity index (χ4n) is 1.72. The van der Waals surface area contributed by atoms with Gasteiger partial charge >= 0.3 is 6.03 Å². The molecule has 0 aliphatic rings. The summed E-state index contributed by atoms with van der Waals surface area (Å²) in [6.45, 7) is 2.96. The molecule has 0 atom stereocenters. The van der Waals surface area contributed by atoms with E-state index in [4.69, 9.17) is 10.5 Å². The molecule has 5 heteroatoms. The number of unbranched alkanes of at least 4 members (excludes halogenated alkanes) is 4. The molecule has 0 aromatic heterocycles. The lowest BCUT2D eigenvalue weighted by molar-refractivity contribution is 0.249. The summed E-state index contributed by atoms with van der Waals surface area (Å²) in [7, 11) is 0. The molecule has 0 unspecified atom stereocenters. The third-order valence-corrected chi connectivity index (χ3v) is 2.79. The van der Waals surface area contributed by atoms with Crippen LogP contribution in [0.2, 0.25) is 0 Å². The van der Waals surface area contributed by atoms with E-state index in [0.29, 0.717) is 0 Å². The number of benzene rings is 1. The molecule has 1 aromatic rings. The minimum Gasteiger partial charge on any atom is -0.494 e. The monoisotopic (exact) mass is 277 g/mol. The third-order valence-electron chi connectivity index (χ3n) is 2.79. The molecule has 1 aromatic carbocycles. The zero-order chi connectivity index (χ0) is 14.6. The summed E-state index contributed by atoms with van der Waals surface area (Å²) in [5, 5.41) is 3.68. The van der Waals surface area contributed by atoms with Crippen LogP contribution in [0.5, 0.6) is 5.75 Å². The number of nitrogens with one attached hydrogen (secondary N) is 1. The lowest BCUT2D eigenvalue weighted by Gasteiger charge is -2.06. The smallest absolute Gasteiger partial charge is 0.332 e. The van der Waals surface area contributed by atoms with E-state index in [2.05, 4.69) is 17.5 Å². The number of ether oxygens (including phenoxy) is 1. The molecule has 0 saturated carbocycles. The maximum atomic E-state index is 10.4. The molecule has 0 spiro atoms. The van der Waals surface area contributed by atoms with E-state index in [1.54, 1.807) is 0 Å². The van der Waals surface area contributed by atoms with Crippen LogP contribution in [0.15, 0.2) is 29.4 Å². The Kier molecular flexibility index (Phi) is 7.87. The van der Waals surface area contributed by atoms with Crippen LogP contribution in [-0.2, 0) is 0 Å². The number of amides is 2. The van der Waals surface area contributed by atoms with Crippen molar-refractivity contribution < 1.29 is 9.53 Å². The van der Waals surface area contributed by atoms with E-state index in [1.807, 2.05) is 24.3 Å². The molecule has 20 heavy (non-hydrogen) atoms. The molecule has 1 rings (SSSR count). The number of urea groups is 1. The highest BCUT2D eigenvalue weighted by atomic mass is 16.5. The molecule has 2 amide bonds. The Morgan fingerprint density at radius 2 is 1.95 bits per heavy atom. The normalized spacial score (nSPS) is 10.7. The van der Waals surface area contributed by atoms with Gasteiger partial charge < -0.3 is 10.5 Å². The maximum Gasteiger partial charge on any atom is 0.332 e. The first-order valence-corrected chi connectivity index (χ1v) is 7.03. The first-order chi connectivity index (χ1) is 9.72. The van der Waals surface area contributed by atoms with E-state index in [-0.39, 0.29) is 0 Å². The third kappa shape index (κ3) is 7.41. The number of rotatable bonds is 9. The quantitative estimate of drug-likeness (QED) is 0.413. The molecule has 0 radical (unpaired) electrons. The summed E-state index contributed by atoms with van der Waals surface area (Å²) in [6.07, 6.45) is 7.67. The van der Waals surface area contributed by atoms with E-state index in [9.17, 15) is 4.79 Å². The number of carbonyl (C=O) groups is 1. The topological polar surface area (TPSA) is 76.7 Å². The van der Waals surface area contributed by atoms with Crippen molar-refractivity contribution in [2.75, 3.05) is 6.61 Å². The van der Waals surface area contributed by atoms with Crippen LogP contribution in [0.25, 0.3) is 0 Å². The van der Waals surface area contributed by atoms with Crippen molar-refractivity contribution in [3.05, 3.63) is 29.8 Å². The fraction of sp³-hybridized carbons (Fsp3) is 0.467. The van der Waals surface area contributed by atoms with Gasteiger partial charge in [-0.1, -0.05) is 32.6 Å². The fourth-order valence-corrected chi connectivity index (χ4v) is 1.72. The standard InChI is InChI=1S/C15H23N3O2/c1-2-3-4-5-6-11-20-14-9-7-13(8-10-14)12-17-18-15(16)19/h7-10,12H,2-6,11H2,1H3,(H3,16,18,19). The van der Waals surface area contributed by atoms with Gasteiger partial charge in [-0.25, -0.2) is 10.2 Å². The molecular formula is C15H23N3O2. The van der Waals surface area contributed by atoms with Gasteiger partial charge in [-0.15, -0.1) is 0 Å². The zero-order valence-electron chi connectivity index (χ0n) is 12.0. The SMILES string of the molecule is CCCCCCCOc1ccc(C=NNC(N)=O)cc1. The Morgan fingerprint density at radius 3 is 2.60 bits per heavy atom. The number of hydrogen-bond acceptors (Lipinski definition) is 3. The number of carbonyl (C=O) groups excluding carboxylic acids is 1. The minimum absolute atomic E-state index is 0.677. The van der Waals surface area contributed by atoms with E-state index in [0.717, 1.165) is 24.3 Å². The Hall–Kier alpha value is -2.04. The lowest BCUT2D eigenvalue weighted by atomic mass is 10.2. The predicted molar refractivity (Wildman–Crippen MR) is 81.0 cm³/mol. The van der Waals surface area contributed by atoms with Crippen LogP contribution >= 0.6 is 0 Å². The van der Waals surface area contributed by atoms with E-state index in [1.165, 1.54) is 31.9 Å². The van der Waals surface area contributed by atoms with Crippen molar-refractivity contribution in [3.63, 3.8) is 0 Å². The van der Waals surface area contributed by atoms with Gasteiger partial charge in [0.1, 0.15) is 5.75 Å². The van der Waals surface area contributed by atoms with Crippen LogP contribution in [-0.4, -0.2) is 18.9 Å². The van der Waals surface area contributed by atoms with Crippen LogP contribution in [0.1, 0.15) is 44.6 Å². The van der Waals surface area contributed by atoms with Crippen LogP contribution in [0, 0.1) is 0 Å². The first kappa shape index (κ1) is 16.0. The summed E-state index contributed by atoms with van der Waals surface area (Å²) < 4.78 is 5.65. The Labute approximate surface area is 120 Å². The molecule has 5 nitrogen and oxygen atoms in total. The molecular weight excluding hydrogens is 254 g/mol. The number of primary amides is 1. The first-order valence-electron chi connectivity index (χ1n) is 7.03. The highest BCUT2D eigenvalue weighted by molar-refractivity contribution is 5.81. The lowest BCUT2D eigenvalue weighted by Crippen LogP contribution is -2.24. The van der Waals surface area contributed by atoms with Crippen molar-refractivity contribution in [2.45, 2.75) is 39.0 Å². The van der Waals surface area contributed by atoms with Crippen LogP contribution in [0.3, 0.4) is 0 Å². The second-order valence-corrected chi connectivity index (χ2v) is 4.57. The average molecular weight is 277 g/mol. The largest absolute Gasteiger partial charge is 0.494 e. The summed E-state index contributed by atoms with van der Waals surface area (Å²) in [5.41, 5.74) is 7.91. The highest BCUT2D eigenvalue weighted by Gasteiger charge is 1.95. The highest BCUT2D eigenvalue weighted by Crippen LogP contribution is 2.12. The predicted octanol–water partition coefficient (Wildman–Crippen LogP) is 3.04. The van der Waals surface area contributed by atoms with Gasteiger partial charge in [-0.2, -0.15) is 5.10 Å². The summed E-state index contributed by atoms with van der Waals surface area (Å²) in [5.74, 6) is 0.848. The van der Waals surface area contributed by atoms with Gasteiger partial charge in [0.25, 0.3) is 0 Å². The molecule has 0 bridgehead atoms. The van der Waals surface area contributed by atoms with Gasteiger partial charge in [0.05, 0.1) is 12.8 Å². The van der Waals surface area contributed by atoms with Gasteiger partial charge in [0.2, 0.25) is 0 Å². The second-order valence-electron chi connectivity index (χ2n) is 4.57. The van der Waals surface area contributed by atoms with Gasteiger partial charge in [0.15, 0.2) is 0 Å². The van der Waals surface area contributed by atoms with Crippen molar-refractivity contribution in [1.29, 1.82) is 0 Å². The number of nitrogens with two attached hydrogens (primary N) is 1. The van der Waals surface area contributed by atoms with Crippen molar-refractivity contribution in [1.82, 2.24) is 5.43 Å². The second kappa shape index (κ2) is 9.83. The van der Waals surface area contributed by atoms with Crippen molar-refractivity contribution in [2.24, 2.45) is 10.8 Å². The van der Waals surface area contributed by atoms with Crippen molar-refractivity contribution >= 4 is 12.2 Å². The van der Waals surface area contributed by atoms with Gasteiger partial charge in [-0.05, 0) is 36.2 Å². The number of nitrogens with zero attached hydrogens (tertiary/aromatic N) is 1. The van der Waals surface area contributed by atoms with E-state index < -0.39 is 6.03 Å². The summed E-state index contributed by atoms with van der Waals surface area (Å²) in [6, 6.07) is 6.84. The molecule has 3 N–H and O–H groups in total. The molecule has 0 saturated heterocycles. The molecule has 0 heterocycles. The summed E-state index contributed by atoms with van der Waals surface area (Å²) >= 11 is 0. The Bertz CT molecular complexity index is 416. The van der Waals surface area contributed by atoms with Gasteiger partial charge in [-0.3, -0.25) is 0 Å². The molecule has 0 aliphatic heterocycles. The Balaban J connectivity index is 2.24. The Morgan fingerprint density at radius 1 is 1.25 bits per heavy atom. The molecule has 0 fully saturated rings. The summed E-state index contributed by atoms with van der Waals surface area (Å²) in [4.78, 5) is 10.4. The van der Waals surface area contributed by atoms with Crippen molar-refractivity contribution in [3.8, 4) is 5.75 Å². The van der Waals surface area contributed by atoms with E-state index >= 15 is 0 Å². The maximum absolute atomic E-state index is 10.4. The zero-order valence-corrected chi connectivity index (χ0v) is 12.0. The van der Waals surface area contributed by atoms with Crippen LogP contribution < -0.4 is 15.9 Å². The van der Waals surface area contributed by atoms with Crippen LogP contribution in [0.4, 0.5) is 4.79 Å².